The van der Waals surface area contributed by atoms with E-state index in [-0.39, 0.29) is 6.61 Å². The van der Waals surface area contributed by atoms with Gasteiger partial charge in [-0.25, -0.2) is 4.79 Å². The molecule has 4 heteroatoms. The quantitative estimate of drug-likeness (QED) is 0.524. The molecule has 2 atom stereocenters. The molecule has 1 saturated heterocycles. The lowest BCUT2D eigenvalue weighted by molar-refractivity contribution is -0.145. The normalized spacial score (nSPS) is 32.4. The molecule has 1 N–H and O–H groups in total. The van der Waals surface area contributed by atoms with E-state index in [2.05, 4.69) is 4.74 Å². The molecule has 0 bridgehead atoms. The van der Waals surface area contributed by atoms with Crippen LogP contribution in [0.2, 0.25) is 0 Å². The molecular formula is C6H10O4. The Balaban J connectivity index is 2.41. The molecule has 58 valence electrons. The summed E-state index contributed by atoms with van der Waals surface area (Å²) >= 11 is 0. The molecule has 1 aliphatic heterocycles. The second-order valence-electron chi connectivity index (χ2n) is 2.07. The minimum Gasteiger partial charge on any atom is -0.461 e. The van der Waals surface area contributed by atoms with Crippen molar-refractivity contribution in [3.63, 3.8) is 0 Å². The van der Waals surface area contributed by atoms with Crippen molar-refractivity contribution < 1.29 is 19.4 Å². The number of carbonyl (C=O) groups is 1. The predicted molar refractivity (Wildman–Crippen MR) is 32.4 cm³/mol. The minimum absolute atomic E-state index is 0.174. The number of cyclic esters (lactones) is 1. The number of carbonyl (C=O) groups excluding carboxylic acids is 1. The summed E-state index contributed by atoms with van der Waals surface area (Å²) < 4.78 is 9.51. The molecule has 1 rings (SSSR count). The number of ether oxygens (including phenoxy) is 2. The van der Waals surface area contributed by atoms with E-state index in [0.717, 1.165) is 0 Å². The van der Waals surface area contributed by atoms with Gasteiger partial charge in [-0.05, 0) is 6.92 Å². The molecule has 10 heavy (non-hydrogen) atoms. The number of esters is 1. The highest BCUT2D eigenvalue weighted by atomic mass is 16.6. The monoisotopic (exact) mass is 146 g/mol. The van der Waals surface area contributed by atoms with Crippen molar-refractivity contribution in [2.45, 2.75) is 19.1 Å². The first-order valence-electron chi connectivity index (χ1n) is 3.22. The molecule has 0 spiro atoms. The summed E-state index contributed by atoms with van der Waals surface area (Å²) in [6.07, 6.45) is -1.54. The van der Waals surface area contributed by atoms with Crippen LogP contribution in [0.4, 0.5) is 0 Å². The van der Waals surface area contributed by atoms with Crippen LogP contribution in [0.1, 0.15) is 6.92 Å². The molecule has 0 radical (unpaired) electrons. The van der Waals surface area contributed by atoms with Crippen molar-refractivity contribution in [3.8, 4) is 0 Å². The zero-order valence-electron chi connectivity index (χ0n) is 5.74. The molecule has 1 fully saturated rings. The average Bonchev–Trinajstić information content (AvgIpc) is 2.20. The Hall–Kier alpha value is -0.610. The van der Waals surface area contributed by atoms with Crippen molar-refractivity contribution in [1.82, 2.24) is 0 Å². The second-order valence-corrected chi connectivity index (χ2v) is 2.07. The summed E-state index contributed by atoms with van der Waals surface area (Å²) in [5, 5.41) is 8.99. The molecule has 1 aliphatic rings. The first-order valence-corrected chi connectivity index (χ1v) is 3.22. The highest BCUT2D eigenvalue weighted by Gasteiger charge is 2.35. The maximum atomic E-state index is 10.5. The van der Waals surface area contributed by atoms with E-state index in [0.29, 0.717) is 6.61 Å². The largest absolute Gasteiger partial charge is 0.461 e. The third-order valence-corrected chi connectivity index (χ3v) is 1.36. The van der Waals surface area contributed by atoms with Gasteiger partial charge >= 0.3 is 5.97 Å². The molecule has 0 saturated carbocycles. The van der Waals surface area contributed by atoms with Crippen molar-refractivity contribution in [3.05, 3.63) is 0 Å². The van der Waals surface area contributed by atoms with E-state index in [1.807, 2.05) is 0 Å². The summed E-state index contributed by atoms with van der Waals surface area (Å²) in [6.45, 7) is 2.46. The van der Waals surface area contributed by atoms with Crippen molar-refractivity contribution in [2.24, 2.45) is 0 Å². The molecule has 4 nitrogen and oxygen atoms in total. The van der Waals surface area contributed by atoms with Gasteiger partial charge in [-0.2, -0.15) is 0 Å². The van der Waals surface area contributed by atoms with Gasteiger partial charge in [-0.1, -0.05) is 0 Å². The van der Waals surface area contributed by atoms with Crippen LogP contribution < -0.4 is 0 Å². The predicted octanol–water partition coefficient (Wildman–Crippen LogP) is -0.691. The van der Waals surface area contributed by atoms with Crippen molar-refractivity contribution in [2.75, 3.05) is 13.2 Å². The minimum atomic E-state index is -1.08. The molecule has 0 aromatic rings. The fourth-order valence-electron chi connectivity index (χ4n) is 0.846. The van der Waals surface area contributed by atoms with E-state index in [1.54, 1.807) is 6.92 Å². The molecule has 0 aromatic carbocycles. The van der Waals surface area contributed by atoms with Crippen LogP contribution in [0.15, 0.2) is 0 Å². The van der Waals surface area contributed by atoms with Crippen LogP contribution in [0.5, 0.6) is 0 Å². The first kappa shape index (κ1) is 7.50. The standard InChI is InChI=1S/C6H10O4/c1-2-9-4-3-10-6(8)5(4)7/h4-5,7H,2-3H2,1H3/t4-,5+/m0/s1. The van der Waals surface area contributed by atoms with Crippen LogP contribution in [0.25, 0.3) is 0 Å². The first-order chi connectivity index (χ1) is 4.75. The van der Waals surface area contributed by atoms with E-state index in [4.69, 9.17) is 9.84 Å². The van der Waals surface area contributed by atoms with Crippen LogP contribution >= 0.6 is 0 Å². The van der Waals surface area contributed by atoms with Gasteiger partial charge in [0.05, 0.1) is 0 Å². The van der Waals surface area contributed by atoms with Crippen LogP contribution in [0, 0.1) is 0 Å². The van der Waals surface area contributed by atoms with Gasteiger partial charge in [0.25, 0.3) is 0 Å². The van der Waals surface area contributed by atoms with E-state index in [1.165, 1.54) is 0 Å². The lowest BCUT2D eigenvalue weighted by atomic mass is 10.2. The maximum absolute atomic E-state index is 10.5. The van der Waals surface area contributed by atoms with Gasteiger partial charge in [0.15, 0.2) is 6.10 Å². The summed E-state index contributed by atoms with van der Waals surface area (Å²) in [6, 6.07) is 0. The molecule has 0 unspecified atom stereocenters. The summed E-state index contributed by atoms with van der Waals surface area (Å²) in [4.78, 5) is 10.5. The van der Waals surface area contributed by atoms with Crippen LogP contribution in [-0.4, -0.2) is 36.5 Å². The zero-order chi connectivity index (χ0) is 7.56. The number of rotatable bonds is 2. The van der Waals surface area contributed by atoms with Crippen molar-refractivity contribution in [1.29, 1.82) is 0 Å². The highest BCUT2D eigenvalue weighted by molar-refractivity contribution is 5.77. The third-order valence-electron chi connectivity index (χ3n) is 1.36. The molecule has 0 aliphatic carbocycles. The molecule has 0 amide bonds. The van der Waals surface area contributed by atoms with E-state index in [9.17, 15) is 4.79 Å². The topological polar surface area (TPSA) is 55.8 Å². The Morgan fingerprint density at radius 2 is 2.60 bits per heavy atom. The van der Waals surface area contributed by atoms with Gasteiger partial charge in [0.2, 0.25) is 0 Å². The van der Waals surface area contributed by atoms with E-state index >= 15 is 0 Å². The average molecular weight is 146 g/mol. The third kappa shape index (κ3) is 1.27. The lowest BCUT2D eigenvalue weighted by Crippen LogP contribution is -2.29. The maximum Gasteiger partial charge on any atom is 0.337 e. The van der Waals surface area contributed by atoms with Crippen LogP contribution in [0.3, 0.4) is 0 Å². The smallest absolute Gasteiger partial charge is 0.337 e. The number of aliphatic hydroxyl groups excluding tert-OH is 1. The highest BCUT2D eigenvalue weighted by Crippen LogP contribution is 2.10. The Labute approximate surface area is 58.7 Å². The van der Waals surface area contributed by atoms with Gasteiger partial charge in [-0.15, -0.1) is 0 Å². The molecular weight excluding hydrogens is 136 g/mol. The summed E-state index contributed by atoms with van der Waals surface area (Å²) in [7, 11) is 0. The molecule has 0 aromatic heterocycles. The van der Waals surface area contributed by atoms with Crippen LogP contribution in [-0.2, 0) is 14.3 Å². The number of hydrogen-bond donors (Lipinski definition) is 1. The second kappa shape index (κ2) is 2.98. The Bertz CT molecular complexity index is 134. The Morgan fingerprint density at radius 1 is 1.90 bits per heavy atom. The number of aliphatic hydroxyl groups is 1. The van der Waals surface area contributed by atoms with Gasteiger partial charge in [0.1, 0.15) is 12.7 Å². The Kier molecular flexibility index (Phi) is 2.24. The summed E-state index contributed by atoms with van der Waals surface area (Å²) in [5.41, 5.74) is 0. The fraction of sp³-hybridized carbons (Fsp3) is 0.833. The fourth-order valence-corrected chi connectivity index (χ4v) is 0.846. The van der Waals surface area contributed by atoms with Gasteiger partial charge in [0, 0.05) is 6.61 Å². The molecule has 1 heterocycles. The zero-order valence-corrected chi connectivity index (χ0v) is 5.74. The summed E-state index contributed by atoms with van der Waals surface area (Å²) in [5.74, 6) is -0.585. The van der Waals surface area contributed by atoms with Gasteiger partial charge in [-0.3, -0.25) is 0 Å². The van der Waals surface area contributed by atoms with Gasteiger partial charge < -0.3 is 14.6 Å². The van der Waals surface area contributed by atoms with E-state index < -0.39 is 18.2 Å². The lowest BCUT2D eigenvalue weighted by Gasteiger charge is -2.08. The Morgan fingerprint density at radius 3 is 3.00 bits per heavy atom. The van der Waals surface area contributed by atoms with Crippen molar-refractivity contribution >= 4 is 5.97 Å². The SMILES string of the molecule is CCO[C@H]1COC(=O)[C@@H]1O. The number of hydrogen-bond acceptors (Lipinski definition) is 4.